The van der Waals surface area contributed by atoms with Gasteiger partial charge in [0.05, 0.1) is 0 Å². The van der Waals surface area contributed by atoms with Gasteiger partial charge >= 0.3 is 0 Å². The highest BCUT2D eigenvalue weighted by Crippen LogP contribution is 2.29. The molecule has 132 valence electrons. The first-order chi connectivity index (χ1) is 11.2. The number of aromatic hydroxyl groups is 1. The number of unbranched alkanes of at least 4 members (excludes halogenated alkanes) is 8. The quantitative estimate of drug-likeness (QED) is 0.280. The molecule has 1 nitrogen and oxygen atoms in total. The summed E-state index contributed by atoms with van der Waals surface area (Å²) in [5.74, 6) is 0.570. The molecule has 0 aromatic heterocycles. The van der Waals surface area contributed by atoms with Crippen molar-refractivity contribution in [3.05, 3.63) is 28.8 Å². The minimum absolute atomic E-state index is 0.570. The van der Waals surface area contributed by atoms with Gasteiger partial charge < -0.3 is 5.11 Å². The molecule has 1 aromatic carbocycles. The Kier molecular flexibility index (Phi) is 11.5. The van der Waals surface area contributed by atoms with E-state index in [0.717, 1.165) is 29.3 Å². The van der Waals surface area contributed by atoms with Crippen LogP contribution in [0.5, 0.6) is 5.75 Å². The summed E-state index contributed by atoms with van der Waals surface area (Å²) in [6.07, 6.45) is 14.8. The smallest absolute Gasteiger partial charge is 0.121 e. The van der Waals surface area contributed by atoms with E-state index < -0.39 is 0 Å². The Hall–Kier alpha value is -0.500. The highest BCUT2D eigenvalue weighted by Gasteiger charge is 2.10. The second-order valence-corrected chi connectivity index (χ2v) is 7.29. The van der Waals surface area contributed by atoms with Gasteiger partial charge in [-0.05, 0) is 42.4 Å². The van der Waals surface area contributed by atoms with Gasteiger partial charge in [-0.3, -0.25) is 0 Å². The Bertz CT molecular complexity index is 393. The van der Waals surface area contributed by atoms with Crippen LogP contribution in [0.15, 0.2) is 12.1 Å². The first-order valence-corrected chi connectivity index (χ1v) is 10.7. The standard InChI is InChI=1S/C21H35BrO/c1-3-5-7-9-11-13-19-15-18(17-22)16-20(21(19)23)14-12-10-8-6-4-2/h15-16,23H,3-14,17H2,1-2H3. The van der Waals surface area contributed by atoms with E-state index in [1.165, 1.54) is 69.8 Å². The third-order valence-corrected chi connectivity index (χ3v) is 5.23. The third kappa shape index (κ3) is 8.24. The summed E-state index contributed by atoms with van der Waals surface area (Å²) in [5, 5.41) is 11.5. The van der Waals surface area contributed by atoms with E-state index in [0.29, 0.717) is 5.75 Å². The molecule has 0 spiro atoms. The van der Waals surface area contributed by atoms with Gasteiger partial charge in [0.1, 0.15) is 5.75 Å². The van der Waals surface area contributed by atoms with Gasteiger partial charge in [0, 0.05) is 5.33 Å². The van der Waals surface area contributed by atoms with Crippen LogP contribution in [0.4, 0.5) is 0 Å². The lowest BCUT2D eigenvalue weighted by Gasteiger charge is -2.13. The van der Waals surface area contributed by atoms with Crippen molar-refractivity contribution in [3.63, 3.8) is 0 Å². The van der Waals surface area contributed by atoms with Gasteiger partial charge in [-0.1, -0.05) is 93.3 Å². The van der Waals surface area contributed by atoms with Gasteiger partial charge in [-0.25, -0.2) is 0 Å². The van der Waals surface area contributed by atoms with Crippen LogP contribution in [0.2, 0.25) is 0 Å². The lowest BCUT2D eigenvalue weighted by Crippen LogP contribution is -1.96. The molecule has 0 bridgehead atoms. The van der Waals surface area contributed by atoms with Crippen molar-refractivity contribution in [1.82, 2.24) is 0 Å². The summed E-state index contributed by atoms with van der Waals surface area (Å²) in [6, 6.07) is 4.37. The molecule has 1 aromatic rings. The fraction of sp³-hybridized carbons (Fsp3) is 0.714. The molecule has 0 radical (unpaired) electrons. The molecule has 0 fully saturated rings. The van der Waals surface area contributed by atoms with Crippen molar-refractivity contribution in [2.45, 2.75) is 96.2 Å². The molecule has 23 heavy (non-hydrogen) atoms. The van der Waals surface area contributed by atoms with Crippen LogP contribution in [0.3, 0.4) is 0 Å². The molecule has 1 rings (SSSR count). The van der Waals surface area contributed by atoms with Crippen LogP contribution in [0.1, 0.15) is 94.7 Å². The van der Waals surface area contributed by atoms with Crippen LogP contribution >= 0.6 is 15.9 Å². The molecule has 0 amide bonds. The summed E-state index contributed by atoms with van der Waals surface area (Å²) in [4.78, 5) is 0. The second kappa shape index (κ2) is 12.9. The van der Waals surface area contributed by atoms with Gasteiger partial charge in [0.2, 0.25) is 0 Å². The average molecular weight is 383 g/mol. The Labute approximate surface area is 152 Å². The van der Waals surface area contributed by atoms with E-state index in [4.69, 9.17) is 0 Å². The molecule has 1 N–H and O–H groups in total. The predicted molar refractivity (Wildman–Crippen MR) is 106 cm³/mol. The van der Waals surface area contributed by atoms with E-state index in [9.17, 15) is 5.11 Å². The highest BCUT2D eigenvalue weighted by molar-refractivity contribution is 9.08. The molecule has 0 atom stereocenters. The number of phenolic OH excluding ortho intramolecular Hbond substituents is 1. The number of alkyl halides is 1. The van der Waals surface area contributed by atoms with E-state index in [-0.39, 0.29) is 0 Å². The van der Waals surface area contributed by atoms with Crippen molar-refractivity contribution >= 4 is 15.9 Å². The maximum absolute atomic E-state index is 10.6. The molecule has 0 aliphatic rings. The molecular formula is C21H35BrO. The average Bonchev–Trinajstić information content (AvgIpc) is 2.57. The fourth-order valence-electron chi connectivity index (χ4n) is 3.13. The Morgan fingerprint density at radius 2 is 1.17 bits per heavy atom. The van der Waals surface area contributed by atoms with Gasteiger partial charge in [-0.2, -0.15) is 0 Å². The van der Waals surface area contributed by atoms with E-state index in [1.807, 2.05) is 0 Å². The number of rotatable bonds is 13. The molecule has 0 heterocycles. The number of hydrogen-bond acceptors (Lipinski definition) is 1. The zero-order chi connectivity index (χ0) is 16.9. The zero-order valence-corrected chi connectivity index (χ0v) is 16.8. The first-order valence-electron chi connectivity index (χ1n) is 9.62. The maximum Gasteiger partial charge on any atom is 0.121 e. The first kappa shape index (κ1) is 20.5. The number of hydrogen-bond donors (Lipinski definition) is 1. The summed E-state index contributed by atoms with van der Waals surface area (Å²) >= 11 is 3.57. The summed E-state index contributed by atoms with van der Waals surface area (Å²) in [5.41, 5.74) is 3.61. The van der Waals surface area contributed by atoms with Crippen LogP contribution in [-0.4, -0.2) is 5.11 Å². The van der Waals surface area contributed by atoms with E-state index in [1.54, 1.807) is 0 Å². The Balaban J connectivity index is 2.57. The number of phenols is 1. The van der Waals surface area contributed by atoms with Crippen molar-refractivity contribution in [2.75, 3.05) is 0 Å². The predicted octanol–water partition coefficient (Wildman–Crippen LogP) is 7.31. The van der Waals surface area contributed by atoms with Crippen LogP contribution in [0.25, 0.3) is 0 Å². The maximum atomic E-state index is 10.6. The molecule has 0 saturated heterocycles. The highest BCUT2D eigenvalue weighted by atomic mass is 79.9. The van der Waals surface area contributed by atoms with Gasteiger partial charge in [0.15, 0.2) is 0 Å². The van der Waals surface area contributed by atoms with Crippen molar-refractivity contribution in [1.29, 1.82) is 0 Å². The molecular weight excluding hydrogens is 348 g/mol. The molecule has 2 heteroatoms. The minimum Gasteiger partial charge on any atom is -0.507 e. The monoisotopic (exact) mass is 382 g/mol. The van der Waals surface area contributed by atoms with Crippen molar-refractivity contribution in [3.8, 4) is 5.75 Å². The van der Waals surface area contributed by atoms with Gasteiger partial charge in [0.25, 0.3) is 0 Å². The lowest BCUT2D eigenvalue weighted by atomic mass is 9.96. The molecule has 0 aliphatic heterocycles. The summed E-state index contributed by atoms with van der Waals surface area (Å²) in [7, 11) is 0. The normalized spacial score (nSPS) is 11.1. The van der Waals surface area contributed by atoms with Gasteiger partial charge in [-0.15, -0.1) is 0 Å². The number of aryl methyl sites for hydroxylation is 2. The SMILES string of the molecule is CCCCCCCc1cc(CBr)cc(CCCCCCC)c1O. The Morgan fingerprint density at radius 1 is 0.739 bits per heavy atom. The zero-order valence-electron chi connectivity index (χ0n) is 15.2. The molecule has 0 aliphatic carbocycles. The largest absolute Gasteiger partial charge is 0.507 e. The number of benzene rings is 1. The summed E-state index contributed by atoms with van der Waals surface area (Å²) in [6.45, 7) is 4.50. The van der Waals surface area contributed by atoms with Crippen molar-refractivity contribution in [2.24, 2.45) is 0 Å². The topological polar surface area (TPSA) is 20.2 Å². The Morgan fingerprint density at radius 3 is 1.57 bits per heavy atom. The molecule has 0 saturated carbocycles. The van der Waals surface area contributed by atoms with Crippen molar-refractivity contribution < 1.29 is 5.11 Å². The third-order valence-electron chi connectivity index (χ3n) is 4.58. The summed E-state index contributed by atoms with van der Waals surface area (Å²) < 4.78 is 0. The van der Waals surface area contributed by atoms with E-state index >= 15 is 0 Å². The lowest BCUT2D eigenvalue weighted by molar-refractivity contribution is 0.456. The molecule has 0 unspecified atom stereocenters. The second-order valence-electron chi connectivity index (χ2n) is 6.72. The van der Waals surface area contributed by atoms with Crippen LogP contribution in [-0.2, 0) is 18.2 Å². The van der Waals surface area contributed by atoms with Crippen LogP contribution in [0, 0.1) is 0 Å². The minimum atomic E-state index is 0.570. The van der Waals surface area contributed by atoms with E-state index in [2.05, 4.69) is 41.9 Å². The van der Waals surface area contributed by atoms with Crippen LogP contribution < -0.4 is 0 Å². The number of halogens is 1. The fourth-order valence-corrected chi connectivity index (χ4v) is 3.45.